The van der Waals surface area contributed by atoms with Gasteiger partial charge in [0.1, 0.15) is 17.8 Å². The summed E-state index contributed by atoms with van der Waals surface area (Å²) in [5.41, 5.74) is -1.94. The molecule has 0 atom stereocenters. The van der Waals surface area contributed by atoms with Crippen LogP contribution in [0.25, 0.3) is 0 Å². The standard InChI is InChI=1S/C12H12F5N3/c13-11(14)6-10(11)1-3-20(4-2-10)9-5-8(12(15,16)17)18-7-19-9/h5,7H,1-4,6H2. The van der Waals surface area contributed by atoms with Gasteiger partial charge in [-0.15, -0.1) is 0 Å². The van der Waals surface area contributed by atoms with Crippen LogP contribution in [0.5, 0.6) is 0 Å². The molecule has 1 aromatic heterocycles. The van der Waals surface area contributed by atoms with Crippen molar-refractivity contribution >= 4 is 5.82 Å². The van der Waals surface area contributed by atoms with Crippen LogP contribution in [-0.4, -0.2) is 29.0 Å². The summed E-state index contributed by atoms with van der Waals surface area (Å²) in [6.07, 6.45) is -3.21. The van der Waals surface area contributed by atoms with Crippen LogP contribution in [0.1, 0.15) is 25.0 Å². The van der Waals surface area contributed by atoms with Crippen LogP contribution in [0.2, 0.25) is 0 Å². The van der Waals surface area contributed by atoms with Crippen molar-refractivity contribution in [2.75, 3.05) is 18.0 Å². The molecular formula is C12H12F5N3. The quantitative estimate of drug-likeness (QED) is 0.745. The summed E-state index contributed by atoms with van der Waals surface area (Å²) in [5, 5.41) is 0. The van der Waals surface area contributed by atoms with Crippen LogP contribution in [0, 0.1) is 5.41 Å². The van der Waals surface area contributed by atoms with Gasteiger partial charge in [-0.2, -0.15) is 13.2 Å². The van der Waals surface area contributed by atoms with E-state index >= 15 is 0 Å². The smallest absolute Gasteiger partial charge is 0.356 e. The molecule has 2 heterocycles. The summed E-state index contributed by atoms with van der Waals surface area (Å²) in [7, 11) is 0. The van der Waals surface area contributed by atoms with Crippen LogP contribution in [0.15, 0.2) is 12.4 Å². The predicted molar refractivity (Wildman–Crippen MR) is 60.5 cm³/mol. The first-order chi connectivity index (χ1) is 9.24. The zero-order valence-corrected chi connectivity index (χ0v) is 10.4. The molecule has 2 aliphatic rings. The molecule has 1 aliphatic heterocycles. The summed E-state index contributed by atoms with van der Waals surface area (Å²) >= 11 is 0. The number of aromatic nitrogens is 2. The fourth-order valence-electron chi connectivity index (χ4n) is 2.76. The highest BCUT2D eigenvalue weighted by molar-refractivity contribution is 5.41. The zero-order valence-electron chi connectivity index (χ0n) is 10.4. The Morgan fingerprint density at radius 3 is 2.20 bits per heavy atom. The molecule has 110 valence electrons. The Morgan fingerprint density at radius 2 is 1.70 bits per heavy atom. The van der Waals surface area contributed by atoms with Crippen molar-refractivity contribution in [2.45, 2.75) is 31.4 Å². The lowest BCUT2D eigenvalue weighted by Gasteiger charge is -2.33. The number of anilines is 1. The van der Waals surface area contributed by atoms with Gasteiger partial charge in [-0.3, -0.25) is 0 Å². The van der Waals surface area contributed by atoms with Crippen molar-refractivity contribution in [3.63, 3.8) is 0 Å². The highest BCUT2D eigenvalue weighted by Gasteiger charge is 2.70. The van der Waals surface area contributed by atoms with E-state index in [9.17, 15) is 22.0 Å². The van der Waals surface area contributed by atoms with Crippen LogP contribution >= 0.6 is 0 Å². The molecule has 2 fully saturated rings. The monoisotopic (exact) mass is 293 g/mol. The van der Waals surface area contributed by atoms with E-state index in [4.69, 9.17) is 0 Å². The van der Waals surface area contributed by atoms with Gasteiger partial charge in [-0.25, -0.2) is 18.7 Å². The molecule has 1 saturated carbocycles. The third kappa shape index (κ3) is 2.10. The molecule has 3 rings (SSSR count). The number of alkyl halides is 5. The van der Waals surface area contributed by atoms with Crippen LogP contribution in [-0.2, 0) is 6.18 Å². The maximum Gasteiger partial charge on any atom is 0.433 e. The number of nitrogens with zero attached hydrogens (tertiary/aromatic N) is 3. The average Bonchev–Trinajstić information content (AvgIpc) is 2.90. The minimum Gasteiger partial charge on any atom is -0.356 e. The van der Waals surface area contributed by atoms with Crippen molar-refractivity contribution in [1.29, 1.82) is 0 Å². The highest BCUT2D eigenvalue weighted by Crippen LogP contribution is 2.65. The van der Waals surface area contributed by atoms with Gasteiger partial charge >= 0.3 is 6.18 Å². The van der Waals surface area contributed by atoms with Crippen molar-refractivity contribution in [3.05, 3.63) is 18.1 Å². The third-order valence-electron chi connectivity index (χ3n) is 4.20. The number of hydrogen-bond donors (Lipinski definition) is 0. The van der Waals surface area contributed by atoms with E-state index in [2.05, 4.69) is 9.97 Å². The summed E-state index contributed by atoms with van der Waals surface area (Å²) < 4.78 is 64.1. The van der Waals surface area contributed by atoms with Crippen molar-refractivity contribution in [3.8, 4) is 0 Å². The SMILES string of the molecule is FC(F)(F)c1cc(N2CCC3(CC2)CC3(F)F)ncn1. The van der Waals surface area contributed by atoms with Crippen molar-refractivity contribution < 1.29 is 22.0 Å². The molecular weight excluding hydrogens is 281 g/mol. The molecule has 0 unspecified atom stereocenters. The highest BCUT2D eigenvalue weighted by atomic mass is 19.4. The first-order valence-corrected chi connectivity index (χ1v) is 6.26. The fourth-order valence-corrected chi connectivity index (χ4v) is 2.76. The molecule has 0 amide bonds. The minimum absolute atomic E-state index is 0.106. The number of hydrogen-bond acceptors (Lipinski definition) is 3. The number of halogens is 5. The topological polar surface area (TPSA) is 29.0 Å². The summed E-state index contributed by atoms with van der Waals surface area (Å²) in [6.45, 7) is 0.591. The second-order valence-corrected chi connectivity index (χ2v) is 5.41. The second kappa shape index (κ2) is 4.02. The van der Waals surface area contributed by atoms with Gasteiger partial charge in [-0.05, 0) is 12.8 Å². The van der Waals surface area contributed by atoms with Gasteiger partial charge in [0.15, 0.2) is 0 Å². The summed E-state index contributed by atoms with van der Waals surface area (Å²) in [4.78, 5) is 8.60. The molecule has 1 saturated heterocycles. The van der Waals surface area contributed by atoms with Gasteiger partial charge in [-0.1, -0.05) is 0 Å². The Hall–Kier alpha value is -1.47. The Kier molecular flexibility index (Phi) is 2.71. The molecule has 8 heteroatoms. The lowest BCUT2D eigenvalue weighted by molar-refractivity contribution is -0.141. The Balaban J connectivity index is 1.73. The summed E-state index contributed by atoms with van der Waals surface area (Å²) in [6, 6.07) is 0.864. The number of piperidine rings is 1. The first kappa shape index (κ1) is 13.5. The minimum atomic E-state index is -4.53. The lowest BCUT2D eigenvalue weighted by atomic mass is 9.93. The molecule has 1 aromatic rings. The van der Waals surface area contributed by atoms with Crippen molar-refractivity contribution in [1.82, 2.24) is 9.97 Å². The molecule has 1 aliphatic carbocycles. The van der Waals surface area contributed by atoms with Gasteiger partial charge in [0.05, 0.1) is 0 Å². The Labute approximate surface area is 111 Å². The van der Waals surface area contributed by atoms with E-state index in [-0.39, 0.29) is 25.1 Å². The normalized spacial score (nSPS) is 23.9. The largest absolute Gasteiger partial charge is 0.433 e. The van der Waals surface area contributed by atoms with E-state index in [0.29, 0.717) is 13.1 Å². The van der Waals surface area contributed by atoms with Crippen LogP contribution in [0.3, 0.4) is 0 Å². The molecule has 0 N–H and O–H groups in total. The number of rotatable bonds is 1. The van der Waals surface area contributed by atoms with Gasteiger partial charge < -0.3 is 4.90 Å². The third-order valence-corrected chi connectivity index (χ3v) is 4.20. The molecule has 1 spiro atoms. The van der Waals surface area contributed by atoms with E-state index in [1.54, 1.807) is 4.90 Å². The molecule has 0 radical (unpaired) electrons. The summed E-state index contributed by atoms with van der Waals surface area (Å²) in [5.74, 6) is -2.46. The fraction of sp³-hybridized carbons (Fsp3) is 0.667. The zero-order chi connectivity index (χ0) is 14.6. The second-order valence-electron chi connectivity index (χ2n) is 5.41. The Morgan fingerprint density at radius 1 is 1.10 bits per heavy atom. The maximum atomic E-state index is 13.2. The van der Waals surface area contributed by atoms with Crippen molar-refractivity contribution in [2.24, 2.45) is 5.41 Å². The molecule has 20 heavy (non-hydrogen) atoms. The van der Waals surface area contributed by atoms with E-state index in [1.165, 1.54) is 0 Å². The molecule has 3 nitrogen and oxygen atoms in total. The van der Waals surface area contributed by atoms with Gasteiger partial charge in [0, 0.05) is 31.0 Å². The average molecular weight is 293 g/mol. The van der Waals surface area contributed by atoms with E-state index < -0.39 is 23.2 Å². The predicted octanol–water partition coefficient (Wildman–Crippen LogP) is 3.12. The van der Waals surface area contributed by atoms with Crippen LogP contribution in [0.4, 0.5) is 27.8 Å². The van der Waals surface area contributed by atoms with E-state index in [0.717, 1.165) is 12.4 Å². The molecule has 0 bridgehead atoms. The Bertz CT molecular complexity index is 520. The van der Waals surface area contributed by atoms with Gasteiger partial charge in [0.25, 0.3) is 5.92 Å². The maximum absolute atomic E-state index is 13.2. The van der Waals surface area contributed by atoms with Gasteiger partial charge in [0.2, 0.25) is 0 Å². The van der Waals surface area contributed by atoms with Crippen LogP contribution < -0.4 is 4.90 Å². The lowest BCUT2D eigenvalue weighted by Crippen LogP contribution is -2.37. The molecule has 0 aromatic carbocycles. The van der Waals surface area contributed by atoms with E-state index in [1.807, 2.05) is 0 Å². The first-order valence-electron chi connectivity index (χ1n) is 6.26.